The van der Waals surface area contributed by atoms with Gasteiger partial charge in [-0.25, -0.2) is 0 Å². The van der Waals surface area contributed by atoms with E-state index in [2.05, 4.69) is 0 Å². The van der Waals surface area contributed by atoms with Gasteiger partial charge in [0.1, 0.15) is 12.2 Å². The van der Waals surface area contributed by atoms with Crippen molar-refractivity contribution >= 4 is 5.78 Å². The number of ether oxygens (including phenoxy) is 1. The summed E-state index contributed by atoms with van der Waals surface area (Å²) < 4.78 is 4.75. The average molecular weight is 190 g/mol. The Bertz CT molecular complexity index is 205. The largest absolute Gasteiger partial charge is 0.390 e. The molecule has 0 aliphatic carbocycles. The maximum atomic E-state index is 10.9. The second-order valence-corrected chi connectivity index (χ2v) is 3.40. The highest BCUT2D eigenvalue weighted by molar-refractivity contribution is 5.81. The van der Waals surface area contributed by atoms with Crippen molar-refractivity contribution in [3.05, 3.63) is 0 Å². The van der Waals surface area contributed by atoms with Gasteiger partial charge in [-0.1, -0.05) is 6.92 Å². The van der Waals surface area contributed by atoms with Gasteiger partial charge in [0.2, 0.25) is 0 Å². The number of aliphatic hydroxyl groups excluding tert-OH is 3. The van der Waals surface area contributed by atoms with Gasteiger partial charge in [0.25, 0.3) is 0 Å². The number of hydrogen-bond donors (Lipinski definition) is 3. The van der Waals surface area contributed by atoms with E-state index in [-0.39, 0.29) is 5.78 Å². The molecule has 1 aliphatic heterocycles. The van der Waals surface area contributed by atoms with Crippen molar-refractivity contribution in [2.75, 3.05) is 0 Å². The lowest BCUT2D eigenvalue weighted by molar-refractivity contribution is -0.258. The first-order chi connectivity index (χ1) is 5.95. The van der Waals surface area contributed by atoms with E-state index in [0.717, 1.165) is 0 Å². The zero-order valence-electron chi connectivity index (χ0n) is 7.54. The van der Waals surface area contributed by atoms with Crippen LogP contribution >= 0.6 is 0 Å². The molecule has 0 radical (unpaired) electrons. The van der Waals surface area contributed by atoms with E-state index in [4.69, 9.17) is 9.84 Å². The normalized spacial score (nSPS) is 46.1. The Morgan fingerprint density at radius 2 is 1.77 bits per heavy atom. The third-order valence-electron chi connectivity index (χ3n) is 2.37. The molecule has 5 atom stereocenters. The third kappa shape index (κ3) is 1.88. The van der Waals surface area contributed by atoms with Crippen LogP contribution in [0.5, 0.6) is 0 Å². The lowest BCUT2D eigenvalue weighted by Crippen LogP contribution is -2.55. The molecule has 1 rings (SSSR count). The van der Waals surface area contributed by atoms with Crippen molar-refractivity contribution in [1.29, 1.82) is 0 Å². The van der Waals surface area contributed by atoms with Gasteiger partial charge in [-0.2, -0.15) is 0 Å². The van der Waals surface area contributed by atoms with Gasteiger partial charge >= 0.3 is 0 Å². The fourth-order valence-electron chi connectivity index (χ4n) is 1.38. The van der Waals surface area contributed by atoms with Crippen LogP contribution in [0.25, 0.3) is 0 Å². The summed E-state index contributed by atoms with van der Waals surface area (Å²) in [7, 11) is 0. The molecule has 0 aromatic heterocycles. The van der Waals surface area contributed by atoms with E-state index in [9.17, 15) is 15.0 Å². The molecule has 0 spiro atoms. The lowest BCUT2D eigenvalue weighted by Gasteiger charge is -2.38. The summed E-state index contributed by atoms with van der Waals surface area (Å²) in [6.45, 7) is 2.82. The molecule has 76 valence electrons. The van der Waals surface area contributed by atoms with E-state index in [1.807, 2.05) is 0 Å². The zero-order chi connectivity index (χ0) is 10.2. The van der Waals surface area contributed by atoms with Crippen molar-refractivity contribution in [2.45, 2.75) is 38.4 Å². The molecule has 0 bridgehead atoms. The van der Waals surface area contributed by atoms with Crippen molar-refractivity contribution in [3.8, 4) is 0 Å². The van der Waals surface area contributed by atoms with E-state index >= 15 is 0 Å². The van der Waals surface area contributed by atoms with Crippen LogP contribution in [-0.2, 0) is 9.53 Å². The van der Waals surface area contributed by atoms with E-state index in [1.54, 1.807) is 6.92 Å². The molecular weight excluding hydrogens is 176 g/mol. The Labute approximate surface area is 75.9 Å². The number of ketones is 1. The minimum absolute atomic E-state index is 0.356. The molecule has 0 unspecified atom stereocenters. The summed E-state index contributed by atoms with van der Waals surface area (Å²) in [5.41, 5.74) is 0. The van der Waals surface area contributed by atoms with Crippen molar-refractivity contribution < 1.29 is 24.9 Å². The van der Waals surface area contributed by atoms with E-state index in [1.165, 1.54) is 6.92 Å². The van der Waals surface area contributed by atoms with Gasteiger partial charge < -0.3 is 20.1 Å². The highest BCUT2D eigenvalue weighted by atomic mass is 16.6. The van der Waals surface area contributed by atoms with Crippen LogP contribution in [0, 0.1) is 5.92 Å². The van der Waals surface area contributed by atoms with Crippen LogP contribution in [0.15, 0.2) is 0 Å². The van der Waals surface area contributed by atoms with E-state index in [0.29, 0.717) is 0 Å². The summed E-state index contributed by atoms with van der Waals surface area (Å²) >= 11 is 0. The van der Waals surface area contributed by atoms with Crippen molar-refractivity contribution in [2.24, 2.45) is 5.92 Å². The first-order valence-electron chi connectivity index (χ1n) is 4.15. The Kier molecular flexibility index (Phi) is 3.02. The second kappa shape index (κ2) is 3.71. The first kappa shape index (κ1) is 10.6. The number of aliphatic hydroxyl groups is 3. The molecule has 0 amide bonds. The van der Waals surface area contributed by atoms with Crippen LogP contribution in [0.3, 0.4) is 0 Å². The molecule has 5 heteroatoms. The highest BCUT2D eigenvalue weighted by Gasteiger charge is 2.43. The predicted molar refractivity (Wildman–Crippen MR) is 42.7 cm³/mol. The molecule has 1 heterocycles. The minimum Gasteiger partial charge on any atom is -0.390 e. The van der Waals surface area contributed by atoms with Gasteiger partial charge in [-0.05, 0) is 6.92 Å². The SMILES string of the molecule is CC(=O)[C@H]1O[C@@H](O)[C@H](O)[C@@H](C)[C@@H]1O. The Morgan fingerprint density at radius 3 is 2.23 bits per heavy atom. The fraction of sp³-hybridized carbons (Fsp3) is 0.875. The average Bonchev–Trinajstić information content (AvgIpc) is 2.07. The van der Waals surface area contributed by atoms with Crippen LogP contribution < -0.4 is 0 Å². The minimum atomic E-state index is -1.40. The summed E-state index contributed by atoms with van der Waals surface area (Å²) in [5.74, 6) is -0.928. The number of hydrogen-bond acceptors (Lipinski definition) is 5. The maximum absolute atomic E-state index is 10.9. The molecule has 1 saturated heterocycles. The Morgan fingerprint density at radius 1 is 1.23 bits per heavy atom. The van der Waals surface area contributed by atoms with Crippen molar-refractivity contribution in [3.63, 3.8) is 0 Å². The molecule has 5 nitrogen and oxygen atoms in total. The summed E-state index contributed by atoms with van der Waals surface area (Å²) in [4.78, 5) is 10.9. The number of Topliss-reactive ketones (excluding diaryl/α,β-unsaturated/α-hetero) is 1. The van der Waals surface area contributed by atoms with Crippen LogP contribution in [0.1, 0.15) is 13.8 Å². The van der Waals surface area contributed by atoms with Crippen LogP contribution in [0.2, 0.25) is 0 Å². The van der Waals surface area contributed by atoms with Crippen LogP contribution in [0.4, 0.5) is 0 Å². The fourth-order valence-corrected chi connectivity index (χ4v) is 1.38. The smallest absolute Gasteiger partial charge is 0.182 e. The molecule has 1 fully saturated rings. The van der Waals surface area contributed by atoms with Gasteiger partial charge in [-0.3, -0.25) is 4.79 Å². The first-order valence-corrected chi connectivity index (χ1v) is 4.15. The standard InChI is InChI=1S/C8H14O5/c1-3-5(10)7(4(2)9)13-8(12)6(3)11/h3,5-8,10-12H,1-2H3/t3-,5-,6+,7+,8+/m0/s1. The third-order valence-corrected chi connectivity index (χ3v) is 2.37. The maximum Gasteiger partial charge on any atom is 0.182 e. The Balaban J connectivity index is 2.76. The molecule has 0 aromatic rings. The number of carbonyl (C=O) groups excluding carboxylic acids is 1. The summed E-state index contributed by atoms with van der Waals surface area (Å²) in [6, 6.07) is 0. The molecule has 0 saturated carbocycles. The molecule has 1 aliphatic rings. The summed E-state index contributed by atoms with van der Waals surface area (Å²) in [5, 5.41) is 27.9. The zero-order valence-corrected chi connectivity index (χ0v) is 7.54. The van der Waals surface area contributed by atoms with Gasteiger partial charge in [0.05, 0.1) is 6.10 Å². The van der Waals surface area contributed by atoms with Gasteiger partial charge in [-0.15, -0.1) is 0 Å². The molecule has 0 aromatic carbocycles. The van der Waals surface area contributed by atoms with Gasteiger partial charge in [0.15, 0.2) is 12.1 Å². The number of carbonyl (C=O) groups is 1. The lowest BCUT2D eigenvalue weighted by atomic mass is 9.89. The topological polar surface area (TPSA) is 87.0 Å². The van der Waals surface area contributed by atoms with E-state index < -0.39 is 30.5 Å². The highest BCUT2D eigenvalue weighted by Crippen LogP contribution is 2.24. The molecular formula is C8H14O5. The second-order valence-electron chi connectivity index (χ2n) is 3.40. The van der Waals surface area contributed by atoms with Gasteiger partial charge in [0, 0.05) is 5.92 Å². The number of rotatable bonds is 1. The van der Waals surface area contributed by atoms with Crippen LogP contribution in [-0.4, -0.2) is 45.7 Å². The predicted octanol–water partition coefficient (Wildman–Crippen LogP) is -1.35. The summed E-state index contributed by atoms with van der Waals surface area (Å²) in [6.07, 6.45) is -4.64. The molecule has 13 heavy (non-hydrogen) atoms. The quantitative estimate of drug-likeness (QED) is 0.476. The molecule has 3 N–H and O–H groups in total. The monoisotopic (exact) mass is 190 g/mol. The Hall–Kier alpha value is -0.490. The van der Waals surface area contributed by atoms with Crippen molar-refractivity contribution in [1.82, 2.24) is 0 Å².